The van der Waals surface area contributed by atoms with Crippen molar-refractivity contribution in [3.05, 3.63) is 35.6 Å². The molecule has 5 nitrogen and oxygen atoms in total. The fraction of sp³-hybridized carbons (Fsp3) is 0.333. The number of morpholine rings is 1. The van der Waals surface area contributed by atoms with Gasteiger partial charge in [0.2, 0.25) is 5.91 Å². The molecule has 0 radical (unpaired) electrons. The number of halogens is 1. The second kappa shape index (κ2) is 5.14. The molecule has 0 bridgehead atoms. The van der Waals surface area contributed by atoms with E-state index in [4.69, 9.17) is 9.84 Å². The molecule has 1 atom stereocenters. The van der Waals surface area contributed by atoms with Crippen LogP contribution in [0.5, 0.6) is 0 Å². The molecule has 0 spiro atoms. The molecule has 18 heavy (non-hydrogen) atoms. The lowest BCUT2D eigenvalue weighted by atomic mass is 10.2. The number of carbonyl (C=O) groups is 2. The highest BCUT2D eigenvalue weighted by atomic mass is 19.1. The van der Waals surface area contributed by atoms with Crippen molar-refractivity contribution in [2.75, 3.05) is 13.2 Å². The minimum Gasteiger partial charge on any atom is -0.479 e. The Morgan fingerprint density at radius 3 is 3.00 bits per heavy atom. The van der Waals surface area contributed by atoms with Crippen LogP contribution in [0.25, 0.3) is 0 Å². The second-order valence-corrected chi connectivity index (χ2v) is 4.04. The summed E-state index contributed by atoms with van der Waals surface area (Å²) in [5.74, 6) is -1.79. The minimum atomic E-state index is -1.10. The van der Waals surface area contributed by atoms with E-state index in [-0.39, 0.29) is 31.4 Å². The van der Waals surface area contributed by atoms with E-state index in [1.54, 1.807) is 12.1 Å². The third-order valence-electron chi connectivity index (χ3n) is 2.68. The predicted octanol–water partition coefficient (Wildman–Crippen LogP) is 0.638. The van der Waals surface area contributed by atoms with Crippen LogP contribution in [-0.2, 0) is 20.9 Å². The Labute approximate surface area is 103 Å². The molecule has 96 valence electrons. The highest BCUT2D eigenvalue weighted by Gasteiger charge is 2.30. The molecule has 1 fully saturated rings. The van der Waals surface area contributed by atoms with Crippen LogP contribution in [0.3, 0.4) is 0 Å². The minimum absolute atomic E-state index is 0.0231. The molecule has 0 aliphatic carbocycles. The summed E-state index contributed by atoms with van der Waals surface area (Å²) in [6.45, 7) is -0.0965. The van der Waals surface area contributed by atoms with Gasteiger partial charge in [0.05, 0.1) is 6.54 Å². The van der Waals surface area contributed by atoms with Gasteiger partial charge < -0.3 is 14.7 Å². The van der Waals surface area contributed by atoms with Crippen LogP contribution in [-0.4, -0.2) is 41.1 Å². The molecule has 1 amide bonds. The third kappa shape index (κ3) is 2.84. The first-order chi connectivity index (χ1) is 8.56. The zero-order valence-electron chi connectivity index (χ0n) is 9.51. The van der Waals surface area contributed by atoms with E-state index in [2.05, 4.69) is 0 Å². The average molecular weight is 253 g/mol. The fourth-order valence-corrected chi connectivity index (χ4v) is 1.78. The molecule has 1 saturated heterocycles. The maximum atomic E-state index is 13.0. The molecule has 1 unspecified atom stereocenters. The summed E-state index contributed by atoms with van der Waals surface area (Å²) in [5, 5.41) is 8.83. The number of ether oxygens (including phenoxy) is 1. The van der Waals surface area contributed by atoms with Gasteiger partial charge in [-0.05, 0) is 17.7 Å². The Balaban J connectivity index is 2.07. The maximum absolute atomic E-state index is 13.0. The summed E-state index contributed by atoms with van der Waals surface area (Å²) >= 11 is 0. The molecule has 1 aromatic rings. The van der Waals surface area contributed by atoms with E-state index in [0.717, 1.165) is 0 Å². The Morgan fingerprint density at radius 1 is 1.56 bits per heavy atom. The molecular formula is C12H12FNO4. The van der Waals surface area contributed by atoms with Crippen molar-refractivity contribution in [3.8, 4) is 0 Å². The van der Waals surface area contributed by atoms with Crippen molar-refractivity contribution in [1.82, 2.24) is 4.90 Å². The lowest BCUT2D eigenvalue weighted by Gasteiger charge is -2.30. The van der Waals surface area contributed by atoms with Crippen molar-refractivity contribution in [2.45, 2.75) is 12.6 Å². The van der Waals surface area contributed by atoms with E-state index < -0.39 is 12.1 Å². The van der Waals surface area contributed by atoms with Crippen molar-refractivity contribution >= 4 is 11.9 Å². The molecule has 1 aliphatic heterocycles. The zero-order valence-corrected chi connectivity index (χ0v) is 9.51. The molecule has 1 aromatic carbocycles. The molecule has 1 aliphatic rings. The smallest absolute Gasteiger partial charge is 0.334 e. The van der Waals surface area contributed by atoms with Crippen LogP contribution < -0.4 is 0 Å². The van der Waals surface area contributed by atoms with Crippen molar-refractivity contribution < 1.29 is 23.8 Å². The SMILES string of the molecule is O=C(O)C1CN(Cc2cccc(F)c2)C(=O)CO1. The number of aliphatic carboxylic acids is 1. The largest absolute Gasteiger partial charge is 0.479 e. The Kier molecular flexibility index (Phi) is 3.57. The molecule has 1 N–H and O–H groups in total. The number of carboxylic acid groups (broad SMARTS) is 1. The molecular weight excluding hydrogens is 241 g/mol. The van der Waals surface area contributed by atoms with Gasteiger partial charge in [0.25, 0.3) is 0 Å². The second-order valence-electron chi connectivity index (χ2n) is 4.04. The number of rotatable bonds is 3. The standard InChI is InChI=1S/C12H12FNO4/c13-9-3-1-2-8(4-9)5-14-6-10(12(16)17)18-7-11(14)15/h1-4,10H,5-7H2,(H,16,17). The van der Waals surface area contributed by atoms with Gasteiger partial charge in [-0.15, -0.1) is 0 Å². The highest BCUT2D eigenvalue weighted by Crippen LogP contribution is 2.12. The third-order valence-corrected chi connectivity index (χ3v) is 2.68. The predicted molar refractivity (Wildman–Crippen MR) is 59.2 cm³/mol. The monoisotopic (exact) mass is 253 g/mol. The van der Waals surface area contributed by atoms with E-state index in [0.29, 0.717) is 5.56 Å². The number of hydrogen-bond acceptors (Lipinski definition) is 3. The number of amides is 1. The molecule has 0 aromatic heterocycles. The quantitative estimate of drug-likeness (QED) is 0.858. The van der Waals surface area contributed by atoms with Crippen LogP contribution in [0, 0.1) is 5.82 Å². The number of nitrogens with zero attached hydrogens (tertiary/aromatic N) is 1. The molecule has 6 heteroatoms. The number of hydrogen-bond donors (Lipinski definition) is 1. The summed E-state index contributed by atoms with van der Waals surface area (Å²) in [6, 6.07) is 5.86. The van der Waals surface area contributed by atoms with E-state index >= 15 is 0 Å². The van der Waals surface area contributed by atoms with Crippen LogP contribution in [0.2, 0.25) is 0 Å². The van der Waals surface area contributed by atoms with E-state index in [1.807, 2.05) is 0 Å². The van der Waals surface area contributed by atoms with Crippen LogP contribution in [0.15, 0.2) is 24.3 Å². The molecule has 0 saturated carbocycles. The van der Waals surface area contributed by atoms with Gasteiger partial charge in [0.15, 0.2) is 6.10 Å². The van der Waals surface area contributed by atoms with Gasteiger partial charge in [0, 0.05) is 6.54 Å². The van der Waals surface area contributed by atoms with Gasteiger partial charge in [-0.25, -0.2) is 9.18 Å². The van der Waals surface area contributed by atoms with Crippen molar-refractivity contribution in [2.24, 2.45) is 0 Å². The van der Waals surface area contributed by atoms with E-state index in [1.165, 1.54) is 17.0 Å². The fourth-order valence-electron chi connectivity index (χ4n) is 1.78. The first-order valence-corrected chi connectivity index (χ1v) is 5.43. The van der Waals surface area contributed by atoms with Crippen LogP contribution in [0.1, 0.15) is 5.56 Å². The van der Waals surface area contributed by atoms with Crippen LogP contribution in [0.4, 0.5) is 4.39 Å². The summed E-state index contributed by atoms with van der Waals surface area (Å²) in [6.07, 6.45) is -1.02. The van der Waals surface area contributed by atoms with Gasteiger partial charge >= 0.3 is 5.97 Å². The summed E-state index contributed by atoms with van der Waals surface area (Å²) in [7, 11) is 0. The first-order valence-electron chi connectivity index (χ1n) is 5.43. The Morgan fingerprint density at radius 2 is 2.33 bits per heavy atom. The van der Waals surface area contributed by atoms with Gasteiger partial charge in [0.1, 0.15) is 12.4 Å². The Hall–Kier alpha value is -1.95. The average Bonchev–Trinajstić information content (AvgIpc) is 2.31. The van der Waals surface area contributed by atoms with Crippen molar-refractivity contribution in [1.29, 1.82) is 0 Å². The number of carbonyl (C=O) groups excluding carboxylic acids is 1. The molecule has 1 heterocycles. The summed E-state index contributed by atoms with van der Waals surface area (Å²) in [4.78, 5) is 23.7. The van der Waals surface area contributed by atoms with Crippen molar-refractivity contribution in [3.63, 3.8) is 0 Å². The topological polar surface area (TPSA) is 66.8 Å². The Bertz CT molecular complexity index is 477. The normalized spacial score (nSPS) is 19.9. The van der Waals surface area contributed by atoms with Gasteiger partial charge in [-0.3, -0.25) is 4.79 Å². The van der Waals surface area contributed by atoms with Gasteiger partial charge in [-0.2, -0.15) is 0 Å². The number of carboxylic acids is 1. The maximum Gasteiger partial charge on any atom is 0.334 e. The lowest BCUT2D eigenvalue weighted by molar-refractivity contribution is -0.165. The summed E-state index contributed by atoms with van der Waals surface area (Å²) in [5.41, 5.74) is 0.620. The van der Waals surface area contributed by atoms with Gasteiger partial charge in [-0.1, -0.05) is 12.1 Å². The molecule has 2 rings (SSSR count). The lowest BCUT2D eigenvalue weighted by Crippen LogP contribution is -2.49. The zero-order chi connectivity index (χ0) is 13.1. The summed E-state index contributed by atoms with van der Waals surface area (Å²) < 4.78 is 17.9. The number of benzene rings is 1. The van der Waals surface area contributed by atoms with E-state index in [9.17, 15) is 14.0 Å². The highest BCUT2D eigenvalue weighted by molar-refractivity contribution is 5.81. The van der Waals surface area contributed by atoms with Crippen LogP contribution >= 0.6 is 0 Å². The first kappa shape index (κ1) is 12.5.